The molecule has 0 unspecified atom stereocenters. The van der Waals surface area contributed by atoms with Crippen molar-refractivity contribution in [2.45, 2.75) is 19.8 Å². The summed E-state index contributed by atoms with van der Waals surface area (Å²) in [6.07, 6.45) is 1.94. The van der Waals surface area contributed by atoms with Gasteiger partial charge in [-0.15, -0.1) is 12.4 Å². The second-order valence-corrected chi connectivity index (χ2v) is 4.50. The Morgan fingerprint density at radius 3 is 2.89 bits per heavy atom. The summed E-state index contributed by atoms with van der Waals surface area (Å²) in [4.78, 5) is 11.9. The number of halogens is 2. The van der Waals surface area contributed by atoms with Crippen molar-refractivity contribution in [3.8, 4) is 0 Å². The van der Waals surface area contributed by atoms with Gasteiger partial charge in [-0.1, -0.05) is 0 Å². The molecule has 0 spiro atoms. The van der Waals surface area contributed by atoms with Crippen LogP contribution in [0.15, 0.2) is 18.2 Å². The third kappa shape index (κ3) is 3.68. The zero-order valence-electron chi connectivity index (χ0n) is 10.3. The number of carbonyl (C=O) groups excluding carboxylic acids is 1. The molecule has 0 bridgehead atoms. The quantitative estimate of drug-likeness (QED) is 0.869. The molecule has 0 radical (unpaired) electrons. The Bertz CT molecular complexity index is 419. The van der Waals surface area contributed by atoms with E-state index in [9.17, 15) is 9.18 Å². The van der Waals surface area contributed by atoms with Crippen LogP contribution in [0.2, 0.25) is 0 Å². The van der Waals surface area contributed by atoms with E-state index < -0.39 is 0 Å². The molecular weight excluding hydrogens is 255 g/mol. The lowest BCUT2D eigenvalue weighted by molar-refractivity contribution is -0.120. The van der Waals surface area contributed by atoms with E-state index in [1.807, 2.05) is 0 Å². The SMILES string of the molecule is Cc1cc(NC(=O)[C@@H]2CCCNC2)ccc1F.Cl. The molecule has 1 aromatic carbocycles. The minimum atomic E-state index is -0.248. The van der Waals surface area contributed by atoms with E-state index in [0.29, 0.717) is 11.3 Å². The van der Waals surface area contributed by atoms with E-state index >= 15 is 0 Å². The highest BCUT2D eigenvalue weighted by Gasteiger charge is 2.20. The lowest BCUT2D eigenvalue weighted by Crippen LogP contribution is -2.37. The molecule has 1 saturated heterocycles. The van der Waals surface area contributed by atoms with Gasteiger partial charge in [0.15, 0.2) is 0 Å². The fourth-order valence-corrected chi connectivity index (χ4v) is 2.04. The number of amides is 1. The van der Waals surface area contributed by atoms with Crippen molar-refractivity contribution < 1.29 is 9.18 Å². The van der Waals surface area contributed by atoms with Crippen LogP contribution in [0.3, 0.4) is 0 Å². The largest absolute Gasteiger partial charge is 0.326 e. The van der Waals surface area contributed by atoms with Crippen LogP contribution in [0.5, 0.6) is 0 Å². The smallest absolute Gasteiger partial charge is 0.228 e. The number of nitrogens with one attached hydrogen (secondary N) is 2. The number of benzene rings is 1. The summed E-state index contributed by atoms with van der Waals surface area (Å²) in [5, 5.41) is 6.04. The molecule has 2 rings (SSSR count). The molecule has 1 aliphatic heterocycles. The maximum Gasteiger partial charge on any atom is 0.228 e. The predicted molar refractivity (Wildman–Crippen MR) is 72.6 cm³/mol. The molecule has 0 aliphatic carbocycles. The molecule has 5 heteroatoms. The second-order valence-electron chi connectivity index (χ2n) is 4.50. The third-order valence-electron chi connectivity index (χ3n) is 3.09. The lowest BCUT2D eigenvalue weighted by atomic mass is 9.99. The summed E-state index contributed by atoms with van der Waals surface area (Å²) in [6.45, 7) is 3.40. The molecule has 1 aromatic rings. The third-order valence-corrected chi connectivity index (χ3v) is 3.09. The molecule has 0 saturated carbocycles. The molecule has 2 N–H and O–H groups in total. The van der Waals surface area contributed by atoms with Crippen molar-refractivity contribution in [2.24, 2.45) is 5.92 Å². The molecule has 1 amide bonds. The number of carbonyl (C=O) groups is 1. The van der Waals surface area contributed by atoms with Gasteiger partial charge in [-0.25, -0.2) is 4.39 Å². The Kier molecular flexibility index (Phi) is 5.56. The van der Waals surface area contributed by atoms with Gasteiger partial charge in [0.05, 0.1) is 5.92 Å². The van der Waals surface area contributed by atoms with Gasteiger partial charge in [0.1, 0.15) is 5.82 Å². The fraction of sp³-hybridized carbons (Fsp3) is 0.462. The molecule has 1 atom stereocenters. The second kappa shape index (κ2) is 6.71. The van der Waals surface area contributed by atoms with Gasteiger partial charge < -0.3 is 10.6 Å². The van der Waals surface area contributed by atoms with Crippen molar-refractivity contribution in [1.82, 2.24) is 5.32 Å². The van der Waals surface area contributed by atoms with Gasteiger partial charge in [-0.05, 0) is 50.1 Å². The topological polar surface area (TPSA) is 41.1 Å². The highest BCUT2D eigenvalue weighted by atomic mass is 35.5. The van der Waals surface area contributed by atoms with Crippen molar-refractivity contribution >= 4 is 24.0 Å². The number of hydrogen-bond acceptors (Lipinski definition) is 2. The number of aryl methyl sites for hydroxylation is 1. The normalized spacial score (nSPS) is 18.9. The van der Waals surface area contributed by atoms with E-state index in [4.69, 9.17) is 0 Å². The maximum absolute atomic E-state index is 13.1. The molecule has 1 heterocycles. The fourth-order valence-electron chi connectivity index (χ4n) is 2.04. The van der Waals surface area contributed by atoms with Crippen molar-refractivity contribution in [3.63, 3.8) is 0 Å². The highest BCUT2D eigenvalue weighted by molar-refractivity contribution is 5.92. The standard InChI is InChI=1S/C13H17FN2O.ClH/c1-9-7-11(4-5-12(9)14)16-13(17)10-3-2-6-15-8-10;/h4-5,7,10,15H,2-3,6,8H2,1H3,(H,16,17);1H/t10-;/m1./s1. The van der Waals surface area contributed by atoms with Gasteiger partial charge in [0.25, 0.3) is 0 Å². The first-order chi connectivity index (χ1) is 8.16. The molecule has 3 nitrogen and oxygen atoms in total. The monoisotopic (exact) mass is 272 g/mol. The molecule has 100 valence electrons. The van der Waals surface area contributed by atoms with E-state index in [1.54, 1.807) is 19.1 Å². The summed E-state index contributed by atoms with van der Waals surface area (Å²) in [7, 11) is 0. The minimum Gasteiger partial charge on any atom is -0.326 e. The minimum absolute atomic E-state index is 0. The molecule has 1 fully saturated rings. The van der Waals surface area contributed by atoms with E-state index in [2.05, 4.69) is 10.6 Å². The number of rotatable bonds is 2. The van der Waals surface area contributed by atoms with E-state index in [-0.39, 0.29) is 30.0 Å². The molecule has 1 aliphatic rings. The van der Waals surface area contributed by atoms with E-state index in [1.165, 1.54) is 6.07 Å². The summed E-state index contributed by atoms with van der Waals surface area (Å²) in [5.41, 5.74) is 1.21. The first-order valence-corrected chi connectivity index (χ1v) is 5.94. The number of anilines is 1. The van der Waals surface area contributed by atoms with Crippen LogP contribution in [-0.2, 0) is 4.79 Å². The Labute approximate surface area is 113 Å². The summed E-state index contributed by atoms with van der Waals surface area (Å²) in [5.74, 6) is -0.209. The maximum atomic E-state index is 13.1. The van der Waals surface area contributed by atoms with Gasteiger partial charge in [0.2, 0.25) is 5.91 Å². The Morgan fingerprint density at radius 2 is 2.28 bits per heavy atom. The summed E-state index contributed by atoms with van der Waals surface area (Å²) in [6, 6.07) is 4.63. The van der Waals surface area contributed by atoms with Crippen LogP contribution in [0.1, 0.15) is 18.4 Å². The Balaban J connectivity index is 0.00000162. The van der Waals surface area contributed by atoms with Crippen molar-refractivity contribution in [1.29, 1.82) is 0 Å². The van der Waals surface area contributed by atoms with Gasteiger partial charge >= 0.3 is 0 Å². The van der Waals surface area contributed by atoms with Crippen LogP contribution in [0.4, 0.5) is 10.1 Å². The van der Waals surface area contributed by atoms with Gasteiger partial charge in [0, 0.05) is 12.2 Å². The first-order valence-electron chi connectivity index (χ1n) is 5.94. The zero-order chi connectivity index (χ0) is 12.3. The van der Waals surface area contributed by atoms with Crippen LogP contribution in [-0.4, -0.2) is 19.0 Å². The highest BCUT2D eigenvalue weighted by Crippen LogP contribution is 2.16. The molecular formula is C13H18ClFN2O. The van der Waals surface area contributed by atoms with Crippen LogP contribution in [0, 0.1) is 18.7 Å². The number of piperidine rings is 1. The average Bonchev–Trinajstić information content (AvgIpc) is 2.35. The molecule has 18 heavy (non-hydrogen) atoms. The molecule has 0 aromatic heterocycles. The average molecular weight is 273 g/mol. The van der Waals surface area contributed by atoms with Crippen LogP contribution in [0.25, 0.3) is 0 Å². The van der Waals surface area contributed by atoms with Crippen molar-refractivity contribution in [3.05, 3.63) is 29.6 Å². The first kappa shape index (κ1) is 14.9. The van der Waals surface area contributed by atoms with Crippen LogP contribution >= 0.6 is 12.4 Å². The van der Waals surface area contributed by atoms with E-state index in [0.717, 1.165) is 25.9 Å². The Morgan fingerprint density at radius 1 is 1.50 bits per heavy atom. The Hall–Kier alpha value is -1.13. The predicted octanol–water partition coefficient (Wildman–Crippen LogP) is 2.49. The zero-order valence-corrected chi connectivity index (χ0v) is 11.1. The summed E-state index contributed by atoms with van der Waals surface area (Å²) < 4.78 is 13.1. The van der Waals surface area contributed by atoms with Gasteiger partial charge in [-0.3, -0.25) is 4.79 Å². The van der Waals surface area contributed by atoms with Gasteiger partial charge in [-0.2, -0.15) is 0 Å². The summed E-state index contributed by atoms with van der Waals surface area (Å²) >= 11 is 0. The van der Waals surface area contributed by atoms with Crippen molar-refractivity contribution in [2.75, 3.05) is 18.4 Å². The number of hydrogen-bond donors (Lipinski definition) is 2. The van der Waals surface area contributed by atoms with Crippen LogP contribution < -0.4 is 10.6 Å². The lowest BCUT2D eigenvalue weighted by Gasteiger charge is -2.21.